The summed E-state index contributed by atoms with van der Waals surface area (Å²) in [6.45, 7) is 4.98. The van der Waals surface area contributed by atoms with Crippen molar-refractivity contribution in [2.24, 2.45) is 0 Å². The van der Waals surface area contributed by atoms with Crippen LogP contribution in [0.3, 0.4) is 0 Å². The predicted molar refractivity (Wildman–Crippen MR) is 46.4 cm³/mol. The van der Waals surface area contributed by atoms with E-state index in [0.717, 1.165) is 6.08 Å². The van der Waals surface area contributed by atoms with Gasteiger partial charge < -0.3 is 9.90 Å². The Morgan fingerprint density at radius 3 is 1.92 bits per heavy atom. The van der Waals surface area contributed by atoms with Gasteiger partial charge in [-0.1, -0.05) is 42.5 Å². The first-order chi connectivity index (χ1) is 5.66. The van der Waals surface area contributed by atoms with Crippen LogP contribution in [0.4, 0.5) is 0 Å². The summed E-state index contributed by atoms with van der Waals surface area (Å²) in [4.78, 5) is 9.14. The number of hydrogen-bond acceptors (Lipinski definition) is 2. The Labute approximate surface area is 121 Å². The molecule has 0 amide bonds. The maximum Gasteiger partial charge on any atom is 1.00 e. The molecule has 0 radical (unpaired) electrons. The van der Waals surface area contributed by atoms with E-state index >= 15 is 0 Å². The number of aliphatic carboxylic acids is 1. The van der Waals surface area contributed by atoms with Gasteiger partial charge in [0.05, 0.1) is 5.97 Å². The zero-order valence-corrected chi connectivity index (χ0v) is 11.1. The molecule has 1 rings (SSSR count). The maximum absolute atomic E-state index is 9.14. The van der Waals surface area contributed by atoms with Crippen LogP contribution in [0.25, 0.3) is 0 Å². The molecule has 0 aliphatic carbocycles. The summed E-state index contributed by atoms with van der Waals surface area (Å²) in [6.07, 6.45) is 0.722. The Bertz CT molecular complexity index is 244. The second kappa shape index (κ2) is 10.1. The van der Waals surface area contributed by atoms with Crippen LogP contribution in [0.1, 0.15) is 5.56 Å². The van der Waals surface area contributed by atoms with E-state index in [2.05, 4.69) is 25.6 Å². The monoisotopic (exact) mass is 202 g/mol. The van der Waals surface area contributed by atoms with E-state index in [1.807, 2.05) is 18.2 Å². The number of aryl methyl sites for hydroxylation is 1. The minimum atomic E-state index is -1.23. The van der Waals surface area contributed by atoms with Gasteiger partial charge in [0.2, 0.25) is 0 Å². The average molecular weight is 202 g/mol. The van der Waals surface area contributed by atoms with Crippen LogP contribution in [0, 0.1) is 6.92 Å². The minimum absolute atomic E-state index is 0. The second-order valence-corrected chi connectivity index (χ2v) is 2.18. The van der Waals surface area contributed by atoms with Crippen molar-refractivity contribution in [1.29, 1.82) is 0 Å². The molecule has 0 aliphatic heterocycles. The van der Waals surface area contributed by atoms with Crippen LogP contribution in [-0.2, 0) is 4.79 Å². The van der Waals surface area contributed by atoms with Gasteiger partial charge in [0.15, 0.2) is 0 Å². The predicted octanol–water partition coefficient (Wildman–Crippen LogP) is -2.08. The van der Waals surface area contributed by atoms with E-state index < -0.39 is 5.97 Å². The first-order valence-electron chi connectivity index (χ1n) is 3.52. The third-order valence-corrected chi connectivity index (χ3v) is 1.11. The van der Waals surface area contributed by atoms with Crippen molar-refractivity contribution in [3.63, 3.8) is 0 Å². The summed E-state index contributed by atoms with van der Waals surface area (Å²) in [5.41, 5.74) is 1.32. The molecular formula is C10H11KO2. The van der Waals surface area contributed by atoms with Crippen LogP contribution < -0.4 is 56.5 Å². The molecule has 0 saturated carbocycles. The summed E-state index contributed by atoms with van der Waals surface area (Å²) < 4.78 is 0. The molecule has 2 nitrogen and oxygen atoms in total. The van der Waals surface area contributed by atoms with Crippen molar-refractivity contribution < 1.29 is 61.3 Å². The summed E-state index contributed by atoms with van der Waals surface area (Å²) in [5.74, 6) is -1.23. The minimum Gasteiger partial charge on any atom is -0.545 e. The van der Waals surface area contributed by atoms with Crippen molar-refractivity contribution in [2.45, 2.75) is 6.92 Å². The van der Waals surface area contributed by atoms with Crippen molar-refractivity contribution in [1.82, 2.24) is 0 Å². The quantitative estimate of drug-likeness (QED) is 0.387. The number of carboxylic acid groups (broad SMARTS) is 1. The molecule has 0 unspecified atom stereocenters. The molecule has 3 heteroatoms. The Hall–Kier alpha value is 0.0664. The fourth-order valence-corrected chi connectivity index (χ4v) is 0.534. The Morgan fingerprint density at radius 2 is 1.77 bits per heavy atom. The van der Waals surface area contributed by atoms with Crippen LogP contribution in [0.2, 0.25) is 0 Å². The average Bonchev–Trinajstić information content (AvgIpc) is 2.07. The van der Waals surface area contributed by atoms with Crippen LogP contribution in [-0.4, -0.2) is 5.97 Å². The number of carbonyl (C=O) groups is 1. The van der Waals surface area contributed by atoms with E-state index in [1.54, 1.807) is 0 Å². The fourth-order valence-electron chi connectivity index (χ4n) is 0.534. The van der Waals surface area contributed by atoms with Crippen LogP contribution in [0.5, 0.6) is 0 Å². The van der Waals surface area contributed by atoms with Crippen LogP contribution in [0.15, 0.2) is 43.0 Å². The van der Waals surface area contributed by atoms with E-state index in [4.69, 9.17) is 9.90 Å². The summed E-state index contributed by atoms with van der Waals surface area (Å²) in [7, 11) is 0. The summed E-state index contributed by atoms with van der Waals surface area (Å²) >= 11 is 0. The molecule has 0 fully saturated rings. The van der Waals surface area contributed by atoms with Gasteiger partial charge in [-0.3, -0.25) is 0 Å². The van der Waals surface area contributed by atoms with Crippen LogP contribution >= 0.6 is 0 Å². The molecule has 13 heavy (non-hydrogen) atoms. The molecule has 1 aromatic carbocycles. The molecule has 0 saturated heterocycles. The number of benzene rings is 1. The Balaban J connectivity index is 0. The number of carbonyl (C=O) groups excluding carboxylic acids is 1. The molecule has 0 bridgehead atoms. The van der Waals surface area contributed by atoms with Gasteiger partial charge in [-0.05, 0) is 13.0 Å². The smallest absolute Gasteiger partial charge is 0.545 e. The molecule has 0 N–H and O–H groups in total. The molecule has 0 aromatic heterocycles. The first-order valence-corrected chi connectivity index (χ1v) is 3.52. The molecule has 1 aromatic rings. The molecule has 0 spiro atoms. The zero-order chi connectivity index (χ0) is 9.40. The normalized spacial score (nSPS) is 7.15. The SMILES string of the molecule is C=CC(=O)[O-].Cc1ccccc1.[K+]. The molecule has 0 aliphatic rings. The summed E-state index contributed by atoms with van der Waals surface area (Å²) in [6, 6.07) is 10.3. The number of carboxylic acids is 1. The number of hydrogen-bond donors (Lipinski definition) is 0. The Kier molecular flexibility index (Phi) is 12.1. The van der Waals surface area contributed by atoms with E-state index in [0.29, 0.717) is 0 Å². The fraction of sp³-hybridized carbons (Fsp3) is 0.100. The summed E-state index contributed by atoms with van der Waals surface area (Å²) in [5, 5.41) is 9.14. The molecule has 0 heterocycles. The van der Waals surface area contributed by atoms with Gasteiger partial charge in [-0.2, -0.15) is 0 Å². The van der Waals surface area contributed by atoms with Crippen molar-refractivity contribution in [2.75, 3.05) is 0 Å². The molecule has 64 valence electrons. The van der Waals surface area contributed by atoms with Gasteiger partial charge in [0, 0.05) is 0 Å². The van der Waals surface area contributed by atoms with Crippen molar-refractivity contribution in [3.05, 3.63) is 48.6 Å². The molecule has 0 atom stereocenters. The standard InChI is InChI=1S/C7H8.C3H4O2.K/c1-7-5-3-2-4-6-7;1-2-3(4)5;/h2-6H,1H3;2H,1H2,(H,4,5);/q;;+1/p-1. The second-order valence-electron chi connectivity index (χ2n) is 2.18. The van der Waals surface area contributed by atoms with Crippen molar-refractivity contribution >= 4 is 5.97 Å². The third kappa shape index (κ3) is 12.1. The zero-order valence-electron chi connectivity index (χ0n) is 7.99. The van der Waals surface area contributed by atoms with Gasteiger partial charge in [-0.25, -0.2) is 0 Å². The van der Waals surface area contributed by atoms with E-state index in [9.17, 15) is 0 Å². The Morgan fingerprint density at radius 1 is 1.38 bits per heavy atom. The van der Waals surface area contributed by atoms with Crippen molar-refractivity contribution in [3.8, 4) is 0 Å². The van der Waals surface area contributed by atoms with E-state index in [-0.39, 0.29) is 51.4 Å². The molecular weight excluding hydrogens is 191 g/mol. The number of rotatable bonds is 1. The van der Waals surface area contributed by atoms with Gasteiger partial charge in [-0.15, -0.1) is 0 Å². The van der Waals surface area contributed by atoms with Gasteiger partial charge in [0.25, 0.3) is 0 Å². The maximum atomic E-state index is 9.14. The third-order valence-electron chi connectivity index (χ3n) is 1.11. The van der Waals surface area contributed by atoms with Gasteiger partial charge >= 0.3 is 51.4 Å². The van der Waals surface area contributed by atoms with E-state index in [1.165, 1.54) is 5.56 Å². The topological polar surface area (TPSA) is 40.1 Å². The van der Waals surface area contributed by atoms with Gasteiger partial charge in [0.1, 0.15) is 0 Å². The first kappa shape index (κ1) is 15.5. The largest absolute Gasteiger partial charge is 1.00 e.